The Hall–Kier alpha value is -3.98. The van der Waals surface area contributed by atoms with Crippen LogP contribution in [0.3, 0.4) is 0 Å². The first kappa shape index (κ1) is 24.4. The summed E-state index contributed by atoms with van der Waals surface area (Å²) in [5.41, 5.74) is 4.61. The third kappa shape index (κ3) is 5.62. The lowest BCUT2D eigenvalue weighted by molar-refractivity contribution is -0.133. The van der Waals surface area contributed by atoms with E-state index >= 15 is 0 Å². The molecule has 1 aromatic heterocycles. The highest BCUT2D eigenvalue weighted by atomic mass is 16.2. The second kappa shape index (κ2) is 10.8. The molecule has 196 valence electrons. The van der Waals surface area contributed by atoms with Crippen molar-refractivity contribution in [1.82, 2.24) is 20.2 Å². The van der Waals surface area contributed by atoms with E-state index in [0.29, 0.717) is 5.95 Å². The molecule has 1 aliphatic carbocycles. The number of piperazine rings is 1. The number of aromatic nitrogens is 2. The molecule has 0 bridgehead atoms. The summed E-state index contributed by atoms with van der Waals surface area (Å²) < 4.78 is 0. The molecule has 3 aliphatic rings. The average Bonchev–Trinajstić information content (AvgIpc) is 3.68. The Morgan fingerprint density at radius 3 is 2.29 bits per heavy atom. The second-order valence-electron chi connectivity index (χ2n) is 10.2. The molecule has 3 aromatic rings. The van der Waals surface area contributed by atoms with Crippen LogP contribution in [0.4, 0.5) is 23.0 Å². The van der Waals surface area contributed by atoms with Crippen LogP contribution >= 0.6 is 0 Å². The predicted octanol–water partition coefficient (Wildman–Crippen LogP) is 3.64. The predicted molar refractivity (Wildman–Crippen MR) is 148 cm³/mol. The molecule has 2 aromatic carbocycles. The number of hydrogen-bond acceptors (Lipinski definition) is 7. The third-order valence-electron chi connectivity index (χ3n) is 7.49. The van der Waals surface area contributed by atoms with Gasteiger partial charge in [0.2, 0.25) is 17.8 Å². The van der Waals surface area contributed by atoms with Gasteiger partial charge in [-0.1, -0.05) is 12.1 Å². The SMILES string of the molecule is O=C(Nc1ccc(-c2ccnc(Nc3ccc(N4CCN(C(=O)[C@@H]5CCCN5)CC4)cc3)n2)cc1)C1CC1. The minimum atomic E-state index is 0.00613. The van der Waals surface area contributed by atoms with Crippen molar-refractivity contribution in [2.24, 2.45) is 5.92 Å². The Morgan fingerprint density at radius 2 is 1.61 bits per heavy atom. The quantitative estimate of drug-likeness (QED) is 0.445. The third-order valence-corrected chi connectivity index (χ3v) is 7.49. The molecular weight excluding hydrogens is 478 g/mol. The topological polar surface area (TPSA) is 102 Å². The van der Waals surface area contributed by atoms with Gasteiger partial charge in [-0.2, -0.15) is 0 Å². The maximum Gasteiger partial charge on any atom is 0.239 e. The van der Waals surface area contributed by atoms with Gasteiger partial charge in [0.05, 0.1) is 11.7 Å². The molecule has 9 nitrogen and oxygen atoms in total. The number of anilines is 4. The number of nitrogens with zero attached hydrogens (tertiary/aromatic N) is 4. The molecule has 2 saturated heterocycles. The normalized spacial score (nSPS) is 19.3. The zero-order valence-electron chi connectivity index (χ0n) is 21.4. The largest absolute Gasteiger partial charge is 0.368 e. The smallest absolute Gasteiger partial charge is 0.239 e. The average molecular weight is 512 g/mol. The van der Waals surface area contributed by atoms with Crippen LogP contribution in [0.5, 0.6) is 0 Å². The highest BCUT2D eigenvalue weighted by molar-refractivity contribution is 5.94. The van der Waals surface area contributed by atoms with Gasteiger partial charge in [0.15, 0.2) is 0 Å². The van der Waals surface area contributed by atoms with Gasteiger partial charge < -0.3 is 25.8 Å². The Labute approximate surface area is 222 Å². The van der Waals surface area contributed by atoms with Crippen LogP contribution in [-0.4, -0.2) is 65.4 Å². The van der Waals surface area contributed by atoms with E-state index in [9.17, 15) is 9.59 Å². The van der Waals surface area contributed by atoms with Gasteiger partial charge in [0.1, 0.15) is 0 Å². The van der Waals surface area contributed by atoms with E-state index < -0.39 is 0 Å². The fourth-order valence-corrected chi connectivity index (χ4v) is 5.08. The molecule has 3 N–H and O–H groups in total. The highest BCUT2D eigenvalue weighted by Gasteiger charge is 2.30. The molecule has 3 heterocycles. The maximum atomic E-state index is 12.7. The van der Waals surface area contributed by atoms with Gasteiger partial charge in [-0.3, -0.25) is 9.59 Å². The Balaban J connectivity index is 1.04. The summed E-state index contributed by atoms with van der Waals surface area (Å²) in [4.78, 5) is 38.0. The molecule has 0 spiro atoms. The number of carbonyl (C=O) groups excluding carboxylic acids is 2. The number of benzene rings is 2. The van der Waals surface area contributed by atoms with Crippen LogP contribution < -0.4 is 20.9 Å². The van der Waals surface area contributed by atoms with E-state index in [1.807, 2.05) is 47.4 Å². The van der Waals surface area contributed by atoms with E-state index in [2.05, 4.69) is 43.0 Å². The lowest BCUT2D eigenvalue weighted by atomic mass is 10.1. The van der Waals surface area contributed by atoms with E-state index in [4.69, 9.17) is 0 Å². The summed E-state index contributed by atoms with van der Waals surface area (Å²) in [5, 5.41) is 9.58. The van der Waals surface area contributed by atoms with Gasteiger partial charge in [-0.15, -0.1) is 0 Å². The fraction of sp³-hybridized carbons (Fsp3) is 0.379. The lowest BCUT2D eigenvalue weighted by Crippen LogP contribution is -2.53. The summed E-state index contributed by atoms with van der Waals surface area (Å²) in [5.74, 6) is 1.06. The van der Waals surface area contributed by atoms with Crippen molar-refractivity contribution in [2.75, 3.05) is 48.3 Å². The number of hydrogen-bond donors (Lipinski definition) is 3. The van der Waals surface area contributed by atoms with Crippen molar-refractivity contribution in [3.8, 4) is 11.3 Å². The molecule has 6 rings (SSSR count). The monoisotopic (exact) mass is 511 g/mol. The van der Waals surface area contributed by atoms with E-state index in [1.54, 1.807) is 6.20 Å². The van der Waals surface area contributed by atoms with Crippen molar-refractivity contribution in [3.05, 3.63) is 60.8 Å². The van der Waals surface area contributed by atoms with Gasteiger partial charge in [-0.05, 0) is 74.7 Å². The molecule has 1 saturated carbocycles. The molecule has 1 atom stereocenters. The maximum absolute atomic E-state index is 12.7. The molecule has 2 aliphatic heterocycles. The molecule has 2 amide bonds. The van der Waals surface area contributed by atoms with Crippen LogP contribution in [0.2, 0.25) is 0 Å². The molecule has 38 heavy (non-hydrogen) atoms. The van der Waals surface area contributed by atoms with Gasteiger partial charge in [0, 0.05) is 60.9 Å². The van der Waals surface area contributed by atoms with Crippen LogP contribution in [0.1, 0.15) is 25.7 Å². The summed E-state index contributed by atoms with van der Waals surface area (Å²) >= 11 is 0. The fourth-order valence-electron chi connectivity index (χ4n) is 5.08. The van der Waals surface area contributed by atoms with Crippen molar-refractivity contribution in [3.63, 3.8) is 0 Å². The molecule has 0 radical (unpaired) electrons. The van der Waals surface area contributed by atoms with Crippen molar-refractivity contribution < 1.29 is 9.59 Å². The zero-order chi connectivity index (χ0) is 25.9. The summed E-state index contributed by atoms with van der Waals surface area (Å²) in [6, 6.07) is 17.9. The molecule has 9 heteroatoms. The number of nitrogens with one attached hydrogen (secondary N) is 3. The first-order valence-corrected chi connectivity index (χ1v) is 13.5. The zero-order valence-corrected chi connectivity index (χ0v) is 21.4. The van der Waals surface area contributed by atoms with Crippen molar-refractivity contribution in [1.29, 1.82) is 0 Å². The van der Waals surface area contributed by atoms with Crippen LogP contribution in [0, 0.1) is 5.92 Å². The van der Waals surface area contributed by atoms with Crippen molar-refractivity contribution >= 4 is 34.8 Å². The summed E-state index contributed by atoms with van der Waals surface area (Å²) in [7, 11) is 0. The first-order valence-electron chi connectivity index (χ1n) is 13.5. The lowest BCUT2D eigenvalue weighted by Gasteiger charge is -2.37. The first-order chi connectivity index (χ1) is 18.6. The van der Waals surface area contributed by atoms with Crippen LogP contribution in [0.15, 0.2) is 60.8 Å². The second-order valence-corrected chi connectivity index (χ2v) is 10.2. The summed E-state index contributed by atoms with van der Waals surface area (Å²) in [6.45, 7) is 4.12. The standard InChI is InChI=1S/C29H33N7O2/c37-27(21-3-4-21)32-22-7-5-20(6-8-22)25-13-15-31-29(34-25)33-23-9-11-24(12-10-23)35-16-18-36(19-17-35)28(38)26-2-1-14-30-26/h5-13,15,21,26,30H,1-4,14,16-19H2,(H,32,37)(H,31,33,34)/t26-/m0/s1. The van der Waals surface area contributed by atoms with E-state index in [1.165, 1.54) is 0 Å². The Morgan fingerprint density at radius 1 is 0.868 bits per heavy atom. The summed E-state index contributed by atoms with van der Waals surface area (Å²) in [6.07, 6.45) is 5.75. The van der Waals surface area contributed by atoms with Gasteiger partial charge >= 0.3 is 0 Å². The number of carbonyl (C=O) groups is 2. The van der Waals surface area contributed by atoms with Gasteiger partial charge in [0.25, 0.3) is 0 Å². The van der Waals surface area contributed by atoms with Crippen LogP contribution in [-0.2, 0) is 9.59 Å². The minimum Gasteiger partial charge on any atom is -0.368 e. The minimum absolute atomic E-state index is 0.00613. The molecule has 0 unspecified atom stereocenters. The number of rotatable bonds is 7. The molecular formula is C29H33N7O2. The van der Waals surface area contributed by atoms with Gasteiger partial charge in [-0.25, -0.2) is 9.97 Å². The number of amides is 2. The van der Waals surface area contributed by atoms with Crippen molar-refractivity contribution in [2.45, 2.75) is 31.7 Å². The van der Waals surface area contributed by atoms with E-state index in [0.717, 1.165) is 86.7 Å². The van der Waals surface area contributed by atoms with E-state index in [-0.39, 0.29) is 23.8 Å². The Bertz CT molecular complexity index is 1280. The van der Waals surface area contributed by atoms with Crippen LogP contribution in [0.25, 0.3) is 11.3 Å². The highest BCUT2D eigenvalue weighted by Crippen LogP contribution is 2.30. The Kier molecular flexibility index (Phi) is 6.92. The molecule has 3 fully saturated rings.